The van der Waals surface area contributed by atoms with E-state index in [1.165, 1.54) is 0 Å². The Morgan fingerprint density at radius 3 is 2.79 bits per heavy atom. The maximum Gasteiger partial charge on any atom is 0.261 e. The molecule has 1 saturated heterocycles. The number of anilines is 1. The fourth-order valence-electron chi connectivity index (χ4n) is 3.17. The second-order valence-electron chi connectivity index (χ2n) is 6.29. The van der Waals surface area contributed by atoms with Crippen LogP contribution in [0.2, 0.25) is 0 Å². The summed E-state index contributed by atoms with van der Waals surface area (Å²) in [7, 11) is 0. The maximum atomic E-state index is 12.5. The monoisotopic (exact) mass is 340 g/mol. The fourth-order valence-corrected chi connectivity index (χ4v) is 4.13. The van der Waals surface area contributed by atoms with Crippen LogP contribution in [-0.4, -0.2) is 35.2 Å². The molecule has 0 unspecified atom stereocenters. The van der Waals surface area contributed by atoms with E-state index < -0.39 is 0 Å². The molecule has 24 heavy (non-hydrogen) atoms. The average Bonchev–Trinajstić information content (AvgIpc) is 3.21. The van der Waals surface area contributed by atoms with Gasteiger partial charge in [-0.15, -0.1) is 11.3 Å². The Bertz CT molecular complexity index is 828. The first-order valence-corrected chi connectivity index (χ1v) is 9.07. The Hall–Kier alpha value is -2.34. The number of aromatic nitrogens is 2. The molecule has 5 nitrogen and oxygen atoms in total. The van der Waals surface area contributed by atoms with E-state index in [0.717, 1.165) is 52.4 Å². The van der Waals surface area contributed by atoms with Gasteiger partial charge in [0.15, 0.2) is 5.82 Å². The molecule has 2 aromatic heterocycles. The number of rotatable bonds is 3. The van der Waals surface area contributed by atoms with E-state index in [2.05, 4.69) is 32.5 Å². The van der Waals surface area contributed by atoms with Gasteiger partial charge in [-0.2, -0.15) is 5.10 Å². The van der Waals surface area contributed by atoms with Gasteiger partial charge in [0, 0.05) is 35.6 Å². The number of carbonyl (C=O) groups excluding carboxylic acids is 1. The van der Waals surface area contributed by atoms with Crippen molar-refractivity contribution in [3.63, 3.8) is 0 Å². The normalized spacial score (nSPS) is 15.8. The second-order valence-corrected chi connectivity index (χ2v) is 7.38. The van der Waals surface area contributed by atoms with Crippen molar-refractivity contribution >= 4 is 33.1 Å². The zero-order valence-corrected chi connectivity index (χ0v) is 14.4. The summed E-state index contributed by atoms with van der Waals surface area (Å²) in [4.78, 5) is 15.6. The minimum atomic E-state index is 0.0465. The van der Waals surface area contributed by atoms with Crippen molar-refractivity contribution in [1.29, 1.82) is 0 Å². The summed E-state index contributed by atoms with van der Waals surface area (Å²) in [5.74, 6) is 1.05. The van der Waals surface area contributed by atoms with Gasteiger partial charge in [0.1, 0.15) is 0 Å². The number of carbonyl (C=O) groups is 1. The lowest BCUT2D eigenvalue weighted by Crippen LogP contribution is -2.44. The highest BCUT2D eigenvalue weighted by Gasteiger charge is 2.23. The Balaban J connectivity index is 1.37. The lowest BCUT2D eigenvalue weighted by molar-refractivity contribution is 0.0935. The largest absolute Gasteiger partial charge is 0.355 e. The van der Waals surface area contributed by atoms with Crippen molar-refractivity contribution in [2.75, 3.05) is 18.0 Å². The predicted molar refractivity (Wildman–Crippen MR) is 97.9 cm³/mol. The summed E-state index contributed by atoms with van der Waals surface area (Å²) < 4.78 is 1.16. The van der Waals surface area contributed by atoms with Crippen molar-refractivity contribution < 1.29 is 4.79 Å². The molecule has 6 heteroatoms. The van der Waals surface area contributed by atoms with E-state index in [1.807, 2.05) is 31.2 Å². The summed E-state index contributed by atoms with van der Waals surface area (Å²) >= 11 is 1.56. The Morgan fingerprint density at radius 2 is 2.08 bits per heavy atom. The number of fused-ring (bicyclic) bond motifs is 1. The van der Waals surface area contributed by atoms with Crippen molar-refractivity contribution in [2.24, 2.45) is 0 Å². The molecule has 1 aliphatic heterocycles. The molecule has 0 saturated carbocycles. The number of nitrogens with zero attached hydrogens (tertiary/aromatic N) is 2. The number of nitrogens with one attached hydrogen (secondary N) is 2. The van der Waals surface area contributed by atoms with Crippen molar-refractivity contribution in [1.82, 2.24) is 15.5 Å². The predicted octanol–water partition coefficient (Wildman–Crippen LogP) is 3.33. The summed E-state index contributed by atoms with van der Waals surface area (Å²) in [6, 6.07) is 12.4. The third-order valence-electron chi connectivity index (χ3n) is 4.50. The summed E-state index contributed by atoms with van der Waals surface area (Å²) in [5.41, 5.74) is 1.07. The van der Waals surface area contributed by atoms with Gasteiger partial charge in [-0.3, -0.25) is 9.89 Å². The molecular weight excluding hydrogens is 320 g/mol. The van der Waals surface area contributed by atoms with Crippen LogP contribution in [0.3, 0.4) is 0 Å². The second kappa shape index (κ2) is 6.28. The molecule has 1 amide bonds. The van der Waals surface area contributed by atoms with Gasteiger partial charge in [-0.1, -0.05) is 18.2 Å². The van der Waals surface area contributed by atoms with E-state index in [0.29, 0.717) is 0 Å². The van der Waals surface area contributed by atoms with Crippen LogP contribution >= 0.6 is 11.3 Å². The highest BCUT2D eigenvalue weighted by atomic mass is 32.1. The summed E-state index contributed by atoms with van der Waals surface area (Å²) in [6.45, 7) is 3.85. The van der Waals surface area contributed by atoms with Gasteiger partial charge in [-0.25, -0.2) is 0 Å². The molecule has 124 valence electrons. The molecule has 1 aromatic carbocycles. The van der Waals surface area contributed by atoms with E-state index in [4.69, 9.17) is 0 Å². The third kappa shape index (κ3) is 3.01. The van der Waals surface area contributed by atoms with Crippen LogP contribution in [0, 0.1) is 6.92 Å². The third-order valence-corrected chi connectivity index (χ3v) is 5.61. The van der Waals surface area contributed by atoms with Crippen LogP contribution in [-0.2, 0) is 0 Å². The van der Waals surface area contributed by atoms with Crippen LogP contribution in [0.25, 0.3) is 10.1 Å². The molecule has 2 N–H and O–H groups in total. The van der Waals surface area contributed by atoms with Crippen LogP contribution < -0.4 is 10.2 Å². The lowest BCUT2D eigenvalue weighted by atomic mass is 10.0. The number of H-pyrrole nitrogens is 1. The SMILES string of the molecule is Cc1cc(N2CCC(NC(=O)c3cc4ccccc4s3)CC2)n[nH]1. The van der Waals surface area contributed by atoms with Crippen LogP contribution in [0.4, 0.5) is 5.82 Å². The number of aryl methyl sites for hydroxylation is 1. The number of hydrogen-bond donors (Lipinski definition) is 2. The van der Waals surface area contributed by atoms with Crippen molar-refractivity contribution in [3.05, 3.63) is 47.0 Å². The van der Waals surface area contributed by atoms with Crippen LogP contribution in [0.15, 0.2) is 36.4 Å². The molecule has 3 heterocycles. The number of benzene rings is 1. The van der Waals surface area contributed by atoms with Gasteiger partial charge >= 0.3 is 0 Å². The number of aromatic amines is 1. The topological polar surface area (TPSA) is 61.0 Å². The summed E-state index contributed by atoms with van der Waals surface area (Å²) in [6.07, 6.45) is 1.89. The number of amides is 1. The fraction of sp³-hybridized carbons (Fsp3) is 0.333. The minimum absolute atomic E-state index is 0.0465. The van der Waals surface area contributed by atoms with Gasteiger partial charge in [0.25, 0.3) is 5.91 Å². The molecule has 1 fully saturated rings. The van der Waals surface area contributed by atoms with Gasteiger partial charge in [-0.05, 0) is 37.3 Å². The molecule has 0 spiro atoms. The lowest BCUT2D eigenvalue weighted by Gasteiger charge is -2.32. The quantitative estimate of drug-likeness (QED) is 0.769. The minimum Gasteiger partial charge on any atom is -0.355 e. The number of piperidine rings is 1. The van der Waals surface area contributed by atoms with Crippen molar-refractivity contribution in [2.45, 2.75) is 25.8 Å². The average molecular weight is 340 g/mol. The maximum absolute atomic E-state index is 12.5. The van der Waals surface area contributed by atoms with Gasteiger partial charge in [0.2, 0.25) is 0 Å². The first-order valence-electron chi connectivity index (χ1n) is 8.25. The van der Waals surface area contributed by atoms with Crippen LogP contribution in [0.1, 0.15) is 28.2 Å². The highest BCUT2D eigenvalue weighted by Crippen LogP contribution is 2.25. The molecule has 0 radical (unpaired) electrons. The molecule has 3 aromatic rings. The molecule has 0 atom stereocenters. The van der Waals surface area contributed by atoms with E-state index in [-0.39, 0.29) is 11.9 Å². The van der Waals surface area contributed by atoms with E-state index >= 15 is 0 Å². The number of hydrogen-bond acceptors (Lipinski definition) is 4. The number of thiophene rings is 1. The van der Waals surface area contributed by atoms with Gasteiger partial charge < -0.3 is 10.2 Å². The highest BCUT2D eigenvalue weighted by molar-refractivity contribution is 7.20. The molecule has 4 rings (SSSR count). The summed E-state index contributed by atoms with van der Waals surface area (Å²) in [5, 5.41) is 11.6. The zero-order chi connectivity index (χ0) is 16.5. The molecule has 1 aliphatic rings. The van der Waals surface area contributed by atoms with Crippen LogP contribution in [0.5, 0.6) is 0 Å². The molecular formula is C18H20N4OS. The van der Waals surface area contributed by atoms with E-state index in [9.17, 15) is 4.79 Å². The van der Waals surface area contributed by atoms with Gasteiger partial charge in [0.05, 0.1) is 4.88 Å². The molecule has 0 aliphatic carbocycles. The molecule has 0 bridgehead atoms. The first-order chi connectivity index (χ1) is 11.7. The Labute approximate surface area is 144 Å². The zero-order valence-electron chi connectivity index (χ0n) is 13.6. The Kier molecular flexibility index (Phi) is 3.98. The first kappa shape index (κ1) is 15.2. The standard InChI is InChI=1S/C18H20N4OS/c1-12-10-17(21-20-12)22-8-6-14(7-9-22)19-18(23)16-11-13-4-2-3-5-15(13)24-16/h2-5,10-11,14H,6-9H2,1H3,(H,19,23)(H,20,21). The Morgan fingerprint density at radius 1 is 1.29 bits per heavy atom. The van der Waals surface area contributed by atoms with E-state index in [1.54, 1.807) is 11.3 Å². The van der Waals surface area contributed by atoms with Crippen molar-refractivity contribution in [3.8, 4) is 0 Å². The smallest absolute Gasteiger partial charge is 0.261 e.